The maximum Gasteiger partial charge on any atom is 0.244 e. The van der Waals surface area contributed by atoms with Gasteiger partial charge in [0.2, 0.25) is 5.91 Å². The molecule has 1 N–H and O–H groups in total. The Hall–Kier alpha value is -3.95. The first-order valence-electron chi connectivity index (χ1n) is 10.3. The van der Waals surface area contributed by atoms with Crippen LogP contribution in [0.1, 0.15) is 22.3 Å². The number of rotatable bonds is 7. The van der Waals surface area contributed by atoms with Crippen molar-refractivity contribution in [1.82, 2.24) is 5.43 Å². The first-order chi connectivity index (χ1) is 16.1. The van der Waals surface area contributed by atoms with Crippen molar-refractivity contribution in [3.63, 3.8) is 0 Å². The van der Waals surface area contributed by atoms with Crippen LogP contribution in [0.4, 0.5) is 0 Å². The lowest BCUT2D eigenvalue weighted by Crippen LogP contribution is -2.19. The molecule has 33 heavy (non-hydrogen) atoms. The van der Waals surface area contributed by atoms with Gasteiger partial charge in [-0.25, -0.2) is 5.43 Å². The molecule has 4 rings (SSSR count). The van der Waals surface area contributed by atoms with Gasteiger partial charge in [-0.2, -0.15) is 10.4 Å². The lowest BCUT2D eigenvalue weighted by Gasteiger charge is -2.12. The Labute approximate surface area is 200 Å². The van der Waals surface area contributed by atoms with Gasteiger partial charge >= 0.3 is 0 Å². The monoisotopic (exact) mass is 497 g/mol. The third kappa shape index (κ3) is 5.85. The van der Waals surface area contributed by atoms with Crippen LogP contribution < -0.4 is 10.2 Å². The number of fused-ring (bicyclic) bond motifs is 1. The third-order valence-corrected chi connectivity index (χ3v) is 5.60. The second kappa shape index (κ2) is 10.6. The highest BCUT2D eigenvalue weighted by Crippen LogP contribution is 2.27. The van der Waals surface area contributed by atoms with Crippen molar-refractivity contribution in [3.05, 3.63) is 112 Å². The minimum atomic E-state index is -0.200. The van der Waals surface area contributed by atoms with Crippen LogP contribution >= 0.6 is 15.9 Å². The smallest absolute Gasteiger partial charge is 0.244 e. The van der Waals surface area contributed by atoms with Gasteiger partial charge in [-0.05, 0) is 52.2 Å². The quantitative estimate of drug-likeness (QED) is 0.261. The van der Waals surface area contributed by atoms with E-state index < -0.39 is 0 Å². The molecule has 4 aromatic carbocycles. The number of nitrogens with one attached hydrogen (secondary N) is 1. The maximum atomic E-state index is 12.3. The molecule has 4 aromatic rings. The summed E-state index contributed by atoms with van der Waals surface area (Å²) in [6.45, 7) is 0.348. The van der Waals surface area contributed by atoms with E-state index in [4.69, 9.17) is 10.00 Å². The molecule has 0 saturated heterocycles. The van der Waals surface area contributed by atoms with E-state index in [0.29, 0.717) is 17.9 Å². The number of halogens is 1. The minimum absolute atomic E-state index is 0.200. The number of hydrogen-bond donors (Lipinski definition) is 1. The van der Waals surface area contributed by atoms with Crippen LogP contribution in [-0.2, 0) is 17.8 Å². The Morgan fingerprint density at radius 2 is 1.70 bits per heavy atom. The molecule has 6 heteroatoms. The van der Waals surface area contributed by atoms with Gasteiger partial charge in [0.1, 0.15) is 12.4 Å². The Morgan fingerprint density at radius 3 is 2.45 bits per heavy atom. The van der Waals surface area contributed by atoms with E-state index in [2.05, 4.69) is 32.5 Å². The highest BCUT2D eigenvalue weighted by molar-refractivity contribution is 9.10. The summed E-state index contributed by atoms with van der Waals surface area (Å²) in [6.07, 6.45) is 1.86. The number of nitriles is 1. The van der Waals surface area contributed by atoms with E-state index in [0.717, 1.165) is 31.9 Å². The highest BCUT2D eigenvalue weighted by Gasteiger charge is 2.09. The normalized spacial score (nSPS) is 10.8. The van der Waals surface area contributed by atoms with Crippen LogP contribution in [0.15, 0.2) is 94.5 Å². The van der Waals surface area contributed by atoms with Crippen molar-refractivity contribution < 1.29 is 9.53 Å². The van der Waals surface area contributed by atoms with Crippen molar-refractivity contribution in [1.29, 1.82) is 5.26 Å². The molecule has 0 spiro atoms. The second-order valence-corrected chi connectivity index (χ2v) is 8.31. The number of hydrazone groups is 1. The Balaban J connectivity index is 1.51. The molecule has 0 bridgehead atoms. The molecule has 0 radical (unpaired) electrons. The zero-order valence-electron chi connectivity index (χ0n) is 17.7. The molecule has 0 aliphatic heterocycles. The molecule has 0 aromatic heterocycles. The Bertz CT molecular complexity index is 1340. The van der Waals surface area contributed by atoms with E-state index in [1.807, 2.05) is 72.8 Å². The van der Waals surface area contributed by atoms with E-state index >= 15 is 0 Å². The topological polar surface area (TPSA) is 74.5 Å². The molecule has 5 nitrogen and oxygen atoms in total. The van der Waals surface area contributed by atoms with Gasteiger partial charge in [-0.3, -0.25) is 4.79 Å². The van der Waals surface area contributed by atoms with Crippen molar-refractivity contribution in [2.24, 2.45) is 5.10 Å². The van der Waals surface area contributed by atoms with Gasteiger partial charge in [0, 0.05) is 10.0 Å². The van der Waals surface area contributed by atoms with Crippen molar-refractivity contribution in [3.8, 4) is 11.8 Å². The summed E-state index contributed by atoms with van der Waals surface area (Å²) in [5.74, 6) is 0.456. The first kappa shape index (κ1) is 22.3. The van der Waals surface area contributed by atoms with Gasteiger partial charge in [-0.1, -0.05) is 70.5 Å². The fourth-order valence-corrected chi connectivity index (χ4v) is 3.63. The van der Waals surface area contributed by atoms with Crippen LogP contribution in [0.2, 0.25) is 0 Å². The summed E-state index contributed by atoms with van der Waals surface area (Å²) in [5.41, 5.74) is 5.85. The van der Waals surface area contributed by atoms with Crippen LogP contribution in [0, 0.1) is 11.3 Å². The molecule has 0 aliphatic rings. The molecule has 0 unspecified atom stereocenters. The molecular formula is C27H20BrN3O2. The van der Waals surface area contributed by atoms with Gasteiger partial charge in [0.05, 0.1) is 24.3 Å². The lowest BCUT2D eigenvalue weighted by molar-refractivity contribution is -0.120. The number of benzene rings is 4. The largest absolute Gasteiger partial charge is 0.488 e. The van der Waals surface area contributed by atoms with Crippen molar-refractivity contribution in [2.45, 2.75) is 13.0 Å². The molecule has 0 saturated carbocycles. The standard InChI is InChI=1S/C27H20BrN3O2/c28-23-12-9-19(10-13-23)15-27(32)31-30-17-25-24-4-2-1-3-22(24)11-14-26(25)33-18-21-7-5-20(16-29)6-8-21/h1-14,17H,15,18H2,(H,31,32)/b30-17+. The number of carbonyl (C=O) groups is 1. The second-order valence-electron chi connectivity index (χ2n) is 7.39. The summed E-state index contributed by atoms with van der Waals surface area (Å²) in [5, 5.41) is 15.2. The van der Waals surface area contributed by atoms with Gasteiger partial charge in [0.15, 0.2) is 0 Å². The Kier molecular flexibility index (Phi) is 7.13. The van der Waals surface area contributed by atoms with E-state index in [9.17, 15) is 4.79 Å². The number of hydrogen-bond acceptors (Lipinski definition) is 4. The van der Waals surface area contributed by atoms with Gasteiger partial charge in [0.25, 0.3) is 0 Å². The average molecular weight is 498 g/mol. The molecule has 0 fully saturated rings. The molecule has 162 valence electrons. The molecule has 1 amide bonds. The predicted molar refractivity (Wildman–Crippen MR) is 133 cm³/mol. The number of carbonyl (C=O) groups excluding carboxylic acids is 1. The maximum absolute atomic E-state index is 12.3. The van der Waals surface area contributed by atoms with Crippen LogP contribution in [0.3, 0.4) is 0 Å². The van der Waals surface area contributed by atoms with Crippen LogP contribution in [-0.4, -0.2) is 12.1 Å². The predicted octanol–water partition coefficient (Wildman–Crippen LogP) is 5.75. The third-order valence-electron chi connectivity index (χ3n) is 5.07. The lowest BCUT2D eigenvalue weighted by atomic mass is 10.0. The molecule has 0 aliphatic carbocycles. The van der Waals surface area contributed by atoms with Crippen LogP contribution in [0.25, 0.3) is 10.8 Å². The molecule has 0 heterocycles. The van der Waals surface area contributed by atoms with Crippen molar-refractivity contribution in [2.75, 3.05) is 0 Å². The number of nitrogens with zero attached hydrogens (tertiary/aromatic N) is 2. The van der Waals surface area contributed by atoms with Crippen LogP contribution in [0.5, 0.6) is 5.75 Å². The molecule has 0 atom stereocenters. The number of ether oxygens (including phenoxy) is 1. The van der Waals surface area contributed by atoms with E-state index in [1.54, 1.807) is 18.3 Å². The fourth-order valence-electron chi connectivity index (χ4n) is 3.37. The molecular weight excluding hydrogens is 478 g/mol. The minimum Gasteiger partial charge on any atom is -0.488 e. The fraction of sp³-hybridized carbons (Fsp3) is 0.0741. The SMILES string of the molecule is N#Cc1ccc(COc2ccc3ccccc3c2/C=N/NC(=O)Cc2ccc(Br)cc2)cc1. The van der Waals surface area contributed by atoms with E-state index in [-0.39, 0.29) is 12.3 Å². The summed E-state index contributed by atoms with van der Waals surface area (Å²) >= 11 is 3.39. The number of amides is 1. The summed E-state index contributed by atoms with van der Waals surface area (Å²) in [6, 6.07) is 28.8. The van der Waals surface area contributed by atoms with Gasteiger partial charge < -0.3 is 4.74 Å². The zero-order valence-corrected chi connectivity index (χ0v) is 19.2. The Morgan fingerprint density at radius 1 is 0.970 bits per heavy atom. The van der Waals surface area contributed by atoms with Crippen molar-refractivity contribution >= 4 is 38.8 Å². The zero-order chi connectivity index (χ0) is 23.0. The summed E-state index contributed by atoms with van der Waals surface area (Å²) in [4.78, 5) is 12.3. The summed E-state index contributed by atoms with van der Waals surface area (Å²) < 4.78 is 7.04. The van der Waals surface area contributed by atoms with E-state index in [1.165, 1.54) is 0 Å². The highest BCUT2D eigenvalue weighted by atomic mass is 79.9. The first-order valence-corrected chi connectivity index (χ1v) is 11.1. The summed E-state index contributed by atoms with van der Waals surface area (Å²) in [7, 11) is 0. The van der Waals surface area contributed by atoms with Gasteiger partial charge in [-0.15, -0.1) is 0 Å². The average Bonchev–Trinajstić information content (AvgIpc) is 2.85.